The van der Waals surface area contributed by atoms with Crippen molar-refractivity contribution in [1.82, 2.24) is 29.6 Å². The number of hydrogen-bond donors (Lipinski definition) is 0. The Balaban J connectivity index is 0.00000312. The summed E-state index contributed by atoms with van der Waals surface area (Å²) in [5.74, 6) is 1.10. The minimum absolute atomic E-state index is 0. The van der Waals surface area contributed by atoms with Crippen LogP contribution in [0.25, 0.3) is 66.1 Å². The van der Waals surface area contributed by atoms with Crippen molar-refractivity contribution in [1.29, 1.82) is 0 Å². The fourth-order valence-electron chi connectivity index (χ4n) is 6.60. The van der Waals surface area contributed by atoms with Gasteiger partial charge in [0.1, 0.15) is 5.65 Å². The van der Waals surface area contributed by atoms with Crippen LogP contribution in [0.4, 0.5) is 0 Å². The minimum atomic E-state index is 0. The summed E-state index contributed by atoms with van der Waals surface area (Å²) in [6.45, 7) is 4.28. The van der Waals surface area contributed by atoms with Crippen LogP contribution in [0.2, 0.25) is 0 Å². The van der Waals surface area contributed by atoms with Gasteiger partial charge in [0.25, 0.3) is 0 Å². The Bertz CT molecular complexity index is 2550. The van der Waals surface area contributed by atoms with Gasteiger partial charge in [-0.2, -0.15) is 6.07 Å². The number of hydrogen-bond acceptors (Lipinski definition) is 5. The van der Waals surface area contributed by atoms with Crippen molar-refractivity contribution in [2.45, 2.75) is 13.8 Å². The number of fused-ring (bicyclic) bond motifs is 9. The number of benzene rings is 5. The smallest absolute Gasteiger partial charge is 0.509 e. The molecule has 0 aliphatic rings. The summed E-state index contributed by atoms with van der Waals surface area (Å²) >= 11 is 0. The first-order chi connectivity index (χ1) is 22.1. The molecule has 7 nitrogen and oxygen atoms in total. The summed E-state index contributed by atoms with van der Waals surface area (Å²) in [5, 5.41) is 17.8. The number of ether oxygens (including phenoxy) is 1. The van der Waals surface area contributed by atoms with Crippen molar-refractivity contribution in [2.24, 2.45) is 0 Å². The Morgan fingerprint density at radius 1 is 0.652 bits per heavy atom. The Morgan fingerprint density at radius 3 is 2.24 bits per heavy atom. The SMILES string of the molecule is Cc1cccc(C)c1-c1cc(Oc2[c-]c3c(cc2)c2ccccc2c2nnnn32)[c-]c(-n2c3ccccc3c3cccnc32)c1.[Pt+2]. The van der Waals surface area contributed by atoms with Crippen LogP contribution < -0.4 is 4.74 Å². The maximum absolute atomic E-state index is 6.60. The molecule has 0 amide bonds. The maximum Gasteiger partial charge on any atom is 2.00 e. The predicted octanol–water partition coefficient (Wildman–Crippen LogP) is 8.60. The van der Waals surface area contributed by atoms with Crippen LogP contribution in [-0.4, -0.2) is 29.6 Å². The Labute approximate surface area is 278 Å². The van der Waals surface area contributed by atoms with E-state index >= 15 is 0 Å². The van der Waals surface area contributed by atoms with E-state index in [-0.39, 0.29) is 21.1 Å². The number of tetrazole rings is 1. The van der Waals surface area contributed by atoms with Crippen molar-refractivity contribution in [3.05, 3.63) is 133 Å². The van der Waals surface area contributed by atoms with Gasteiger partial charge in [-0.3, -0.25) is 0 Å². The van der Waals surface area contributed by atoms with Crippen molar-refractivity contribution in [3.8, 4) is 28.3 Å². The van der Waals surface area contributed by atoms with Crippen molar-refractivity contribution < 1.29 is 25.8 Å². The molecule has 0 saturated carbocycles. The van der Waals surface area contributed by atoms with Crippen LogP contribution in [0.3, 0.4) is 0 Å². The maximum atomic E-state index is 6.60. The first-order valence-electron chi connectivity index (χ1n) is 14.8. The third kappa shape index (κ3) is 4.31. The minimum Gasteiger partial charge on any atom is -0.509 e. The fraction of sp³-hybridized carbons (Fsp3) is 0.0526. The van der Waals surface area contributed by atoms with Crippen molar-refractivity contribution >= 4 is 49.3 Å². The zero-order valence-electron chi connectivity index (χ0n) is 24.8. The van der Waals surface area contributed by atoms with Gasteiger partial charge in [-0.25, -0.2) is 9.50 Å². The van der Waals surface area contributed by atoms with E-state index in [0.717, 1.165) is 60.4 Å². The number of aromatic nitrogens is 6. The van der Waals surface area contributed by atoms with Gasteiger partial charge in [0.15, 0.2) is 5.65 Å². The molecule has 4 heterocycles. The molecule has 0 N–H and O–H groups in total. The molecule has 0 aliphatic heterocycles. The molecule has 5 aromatic carbocycles. The van der Waals surface area contributed by atoms with Gasteiger partial charge in [0, 0.05) is 33.9 Å². The summed E-state index contributed by atoms with van der Waals surface area (Å²) in [5.41, 5.74) is 8.74. The monoisotopic (exact) mass is 775 g/mol. The number of nitrogens with zero attached hydrogens (tertiary/aromatic N) is 6. The fourth-order valence-corrected chi connectivity index (χ4v) is 6.60. The first-order valence-corrected chi connectivity index (χ1v) is 14.8. The normalized spacial score (nSPS) is 11.5. The van der Waals surface area contributed by atoms with E-state index in [1.165, 1.54) is 11.1 Å². The van der Waals surface area contributed by atoms with Gasteiger partial charge in [0.2, 0.25) is 0 Å². The molecule has 9 aromatic rings. The molecular formula is C38H24N6OPt. The van der Waals surface area contributed by atoms with Crippen molar-refractivity contribution in [2.75, 3.05) is 0 Å². The first kappa shape index (κ1) is 28.1. The second-order valence-corrected chi connectivity index (χ2v) is 11.3. The second-order valence-electron chi connectivity index (χ2n) is 11.3. The summed E-state index contributed by atoms with van der Waals surface area (Å²) in [6.07, 6.45) is 1.83. The van der Waals surface area contributed by atoms with E-state index in [0.29, 0.717) is 17.1 Å². The summed E-state index contributed by atoms with van der Waals surface area (Å²) < 4.78 is 10.5. The zero-order valence-corrected chi connectivity index (χ0v) is 27.1. The van der Waals surface area contributed by atoms with Gasteiger partial charge < -0.3 is 9.30 Å². The molecule has 0 atom stereocenters. The van der Waals surface area contributed by atoms with Crippen molar-refractivity contribution in [3.63, 3.8) is 0 Å². The van der Waals surface area contributed by atoms with E-state index < -0.39 is 0 Å². The molecule has 0 fully saturated rings. The number of aryl methyl sites for hydroxylation is 2. The Hall–Kier alpha value is -5.39. The molecule has 9 rings (SSSR count). The van der Waals surface area contributed by atoms with Crippen LogP contribution in [0, 0.1) is 26.0 Å². The molecule has 222 valence electrons. The van der Waals surface area contributed by atoms with E-state index in [2.05, 4.69) is 107 Å². The Morgan fingerprint density at radius 2 is 1.39 bits per heavy atom. The zero-order chi connectivity index (χ0) is 30.1. The molecule has 0 aliphatic carbocycles. The molecule has 0 radical (unpaired) electrons. The predicted molar refractivity (Wildman–Crippen MR) is 177 cm³/mol. The summed E-state index contributed by atoms with van der Waals surface area (Å²) in [7, 11) is 0. The van der Waals surface area contributed by atoms with Gasteiger partial charge in [-0.1, -0.05) is 71.7 Å². The topological polar surface area (TPSA) is 70.1 Å². The summed E-state index contributed by atoms with van der Waals surface area (Å²) in [4.78, 5) is 4.80. The van der Waals surface area contributed by atoms with Crippen LogP contribution in [0.15, 0.2) is 109 Å². The van der Waals surface area contributed by atoms with Crippen LogP contribution in [0.5, 0.6) is 11.5 Å². The van der Waals surface area contributed by atoms with Crippen LogP contribution in [0.1, 0.15) is 11.1 Å². The average molecular weight is 776 g/mol. The Kier molecular flexibility index (Phi) is 6.66. The summed E-state index contributed by atoms with van der Waals surface area (Å²) in [6, 6.07) is 42.2. The van der Waals surface area contributed by atoms with Gasteiger partial charge >= 0.3 is 21.1 Å². The second kappa shape index (κ2) is 10.9. The third-order valence-corrected chi connectivity index (χ3v) is 8.53. The van der Waals surface area contributed by atoms with Crippen LogP contribution in [-0.2, 0) is 21.1 Å². The van der Waals surface area contributed by atoms with E-state index in [4.69, 9.17) is 9.72 Å². The van der Waals surface area contributed by atoms with Gasteiger partial charge in [-0.05, 0) is 64.7 Å². The van der Waals surface area contributed by atoms with Gasteiger partial charge in [0.05, 0.1) is 5.52 Å². The third-order valence-electron chi connectivity index (χ3n) is 8.53. The molecule has 0 spiro atoms. The van der Waals surface area contributed by atoms with E-state index in [1.54, 1.807) is 4.52 Å². The molecule has 0 unspecified atom stereocenters. The number of pyridine rings is 2. The standard InChI is InChI=1S/C38H24N6O.Pt/c1-23-9-7-10-24(2)36(23)25-19-26(43-34-15-6-5-12-30(34)33-14-8-18-39-37(33)43)21-28(20-25)45-27-16-17-31-29-11-3-4-13-32(29)38-40-41-42-44(38)35(31)22-27;/h3-20H,1-2H3;/q-2;+2. The number of rotatable bonds is 4. The quantitative estimate of drug-likeness (QED) is 0.132. The molecule has 0 bridgehead atoms. The molecule has 46 heavy (non-hydrogen) atoms. The molecule has 0 saturated heterocycles. The number of para-hydroxylation sites is 1. The van der Waals surface area contributed by atoms with E-state index in [9.17, 15) is 0 Å². The van der Waals surface area contributed by atoms with Crippen LogP contribution >= 0.6 is 0 Å². The van der Waals surface area contributed by atoms with Gasteiger partial charge in [-0.15, -0.1) is 46.4 Å². The molecule has 8 heteroatoms. The largest absolute Gasteiger partial charge is 2.00 e. The molecule has 4 aromatic heterocycles. The average Bonchev–Trinajstić information content (AvgIpc) is 3.69. The molecular weight excluding hydrogens is 752 g/mol. The van der Waals surface area contributed by atoms with E-state index in [1.807, 2.05) is 48.7 Å².